The maximum Gasteiger partial charge on any atom is 0.0497 e. The van der Waals surface area contributed by atoms with Crippen molar-refractivity contribution in [2.24, 2.45) is 5.92 Å². The summed E-state index contributed by atoms with van der Waals surface area (Å²) in [5, 5.41) is 0. The van der Waals surface area contributed by atoms with Crippen LogP contribution in [0.4, 0.5) is 0 Å². The van der Waals surface area contributed by atoms with Gasteiger partial charge in [-0.25, -0.2) is 0 Å². The maximum absolute atomic E-state index is 5.49. The number of ether oxygens (including phenoxy) is 1. The molecule has 0 amide bonds. The highest BCUT2D eigenvalue weighted by molar-refractivity contribution is 5.34. The molecule has 2 fully saturated rings. The average Bonchev–Trinajstić information content (AvgIpc) is 2.78. The van der Waals surface area contributed by atoms with Gasteiger partial charge >= 0.3 is 0 Å². The molecular formula is C27H46N2O. The van der Waals surface area contributed by atoms with Gasteiger partial charge in [0.05, 0.1) is 0 Å². The van der Waals surface area contributed by atoms with E-state index in [1.54, 1.807) is 5.57 Å². The van der Waals surface area contributed by atoms with E-state index in [0.717, 1.165) is 64.4 Å². The molecule has 30 heavy (non-hydrogen) atoms. The fraction of sp³-hybridized carbons (Fsp3) is 0.704. The van der Waals surface area contributed by atoms with Crippen molar-refractivity contribution in [3.05, 3.63) is 48.2 Å². The number of likely N-dealkylation sites (tertiary alicyclic amines) is 1. The number of likely N-dealkylation sites (N-methyl/N-ethyl adjacent to an activating group) is 1. The van der Waals surface area contributed by atoms with Crippen molar-refractivity contribution in [1.82, 2.24) is 9.80 Å². The molecule has 2 aliphatic rings. The Morgan fingerprint density at radius 3 is 2.70 bits per heavy atom. The fourth-order valence-electron chi connectivity index (χ4n) is 4.90. The SMILES string of the molecule is C=CCCC(C(=C)N(C)CCCCC1CCOCC1)N1CCC(=C/CC)/C(=C\C)C1. The minimum atomic E-state index is 0.404. The van der Waals surface area contributed by atoms with E-state index in [-0.39, 0.29) is 0 Å². The van der Waals surface area contributed by atoms with Gasteiger partial charge in [-0.2, -0.15) is 0 Å². The molecule has 0 aromatic heterocycles. The van der Waals surface area contributed by atoms with Crippen LogP contribution < -0.4 is 0 Å². The Kier molecular flexibility index (Phi) is 11.5. The summed E-state index contributed by atoms with van der Waals surface area (Å²) in [7, 11) is 2.24. The summed E-state index contributed by atoms with van der Waals surface area (Å²) in [4.78, 5) is 5.07. The Hall–Kier alpha value is -1.32. The highest BCUT2D eigenvalue weighted by atomic mass is 16.5. The first-order chi connectivity index (χ1) is 14.6. The van der Waals surface area contributed by atoms with E-state index in [2.05, 4.69) is 62.1 Å². The molecule has 0 aliphatic carbocycles. The summed E-state index contributed by atoms with van der Waals surface area (Å²) >= 11 is 0. The molecule has 1 atom stereocenters. The average molecular weight is 415 g/mol. The zero-order valence-electron chi connectivity index (χ0n) is 20.0. The summed E-state index contributed by atoms with van der Waals surface area (Å²) < 4.78 is 5.49. The lowest BCUT2D eigenvalue weighted by atomic mass is 9.93. The summed E-state index contributed by atoms with van der Waals surface area (Å²) in [6, 6.07) is 0.404. The van der Waals surface area contributed by atoms with Crippen LogP contribution in [0.2, 0.25) is 0 Å². The van der Waals surface area contributed by atoms with E-state index in [1.807, 2.05) is 0 Å². The van der Waals surface area contributed by atoms with Crippen molar-refractivity contribution in [1.29, 1.82) is 0 Å². The van der Waals surface area contributed by atoms with E-state index in [9.17, 15) is 0 Å². The van der Waals surface area contributed by atoms with Crippen molar-refractivity contribution in [3.8, 4) is 0 Å². The quantitative estimate of drug-likeness (QED) is 0.273. The lowest BCUT2D eigenvalue weighted by Crippen LogP contribution is -2.44. The van der Waals surface area contributed by atoms with Gasteiger partial charge in [-0.1, -0.05) is 44.6 Å². The standard InChI is InChI=1S/C27H46N2O/c1-6-9-14-27(29-19-15-26(12-7-2)25(8-3)22-29)23(4)28(5)18-11-10-13-24-16-20-30-21-17-24/h6,8,12,24,27H,1,4,7,9-11,13-22H2,2-3,5H3/b25-8-,26-12-. The Bertz CT molecular complexity index is 586. The molecule has 3 heteroatoms. The molecule has 2 aliphatic heterocycles. The van der Waals surface area contributed by atoms with Crippen LogP contribution in [0, 0.1) is 5.92 Å². The second kappa shape index (κ2) is 13.9. The first-order valence-electron chi connectivity index (χ1n) is 12.3. The minimum Gasteiger partial charge on any atom is -0.381 e. The molecule has 0 aromatic carbocycles. The smallest absolute Gasteiger partial charge is 0.0497 e. The molecule has 1 unspecified atom stereocenters. The molecule has 0 radical (unpaired) electrons. The molecule has 2 rings (SSSR count). The van der Waals surface area contributed by atoms with E-state index >= 15 is 0 Å². The third-order valence-corrected chi connectivity index (χ3v) is 6.91. The monoisotopic (exact) mass is 414 g/mol. The van der Waals surface area contributed by atoms with Gasteiger partial charge in [0.1, 0.15) is 0 Å². The van der Waals surface area contributed by atoms with Crippen molar-refractivity contribution in [2.45, 2.75) is 77.7 Å². The zero-order chi connectivity index (χ0) is 21.8. The number of unbranched alkanes of at least 4 members (excludes halogenated alkanes) is 1. The van der Waals surface area contributed by atoms with Crippen LogP contribution in [0.25, 0.3) is 0 Å². The lowest BCUT2D eigenvalue weighted by molar-refractivity contribution is 0.0630. The van der Waals surface area contributed by atoms with Gasteiger partial charge in [-0.05, 0) is 68.9 Å². The third-order valence-electron chi connectivity index (χ3n) is 6.91. The molecule has 3 nitrogen and oxygen atoms in total. The van der Waals surface area contributed by atoms with Crippen LogP contribution in [0.5, 0.6) is 0 Å². The number of hydrogen-bond donors (Lipinski definition) is 0. The highest BCUT2D eigenvalue weighted by Crippen LogP contribution is 2.28. The van der Waals surface area contributed by atoms with Crippen molar-refractivity contribution >= 4 is 0 Å². The molecular weight excluding hydrogens is 368 g/mol. The van der Waals surface area contributed by atoms with E-state index in [1.165, 1.54) is 43.4 Å². The summed E-state index contributed by atoms with van der Waals surface area (Å²) in [6.45, 7) is 18.1. The van der Waals surface area contributed by atoms with Crippen LogP contribution >= 0.6 is 0 Å². The number of hydrogen-bond acceptors (Lipinski definition) is 3. The van der Waals surface area contributed by atoms with Gasteiger partial charge < -0.3 is 9.64 Å². The van der Waals surface area contributed by atoms with Gasteiger partial charge in [0.25, 0.3) is 0 Å². The Morgan fingerprint density at radius 2 is 2.03 bits per heavy atom. The van der Waals surface area contributed by atoms with E-state index in [0.29, 0.717) is 6.04 Å². The molecule has 0 saturated carbocycles. The van der Waals surface area contributed by atoms with Crippen LogP contribution in [0.3, 0.4) is 0 Å². The predicted molar refractivity (Wildman–Crippen MR) is 131 cm³/mol. The fourth-order valence-corrected chi connectivity index (χ4v) is 4.90. The summed E-state index contributed by atoms with van der Waals surface area (Å²) in [5.74, 6) is 0.880. The van der Waals surface area contributed by atoms with Gasteiger partial charge in [0.2, 0.25) is 0 Å². The van der Waals surface area contributed by atoms with Crippen molar-refractivity contribution in [2.75, 3.05) is 39.9 Å². The number of allylic oxidation sites excluding steroid dienone is 3. The largest absolute Gasteiger partial charge is 0.381 e. The minimum absolute atomic E-state index is 0.404. The summed E-state index contributed by atoms with van der Waals surface area (Å²) in [5.41, 5.74) is 4.32. The second-order valence-corrected chi connectivity index (χ2v) is 9.02. The van der Waals surface area contributed by atoms with Crippen LogP contribution in [-0.4, -0.2) is 55.7 Å². The Balaban J connectivity index is 1.88. The highest BCUT2D eigenvalue weighted by Gasteiger charge is 2.27. The van der Waals surface area contributed by atoms with Crippen LogP contribution in [-0.2, 0) is 4.74 Å². The van der Waals surface area contributed by atoms with E-state index in [4.69, 9.17) is 4.74 Å². The second-order valence-electron chi connectivity index (χ2n) is 9.02. The van der Waals surface area contributed by atoms with Crippen LogP contribution in [0.15, 0.2) is 48.2 Å². The normalized spacial score (nSPS) is 22.4. The lowest BCUT2D eigenvalue weighted by Gasteiger charge is -2.40. The Morgan fingerprint density at radius 1 is 1.27 bits per heavy atom. The molecule has 0 spiro atoms. The summed E-state index contributed by atoms with van der Waals surface area (Å²) in [6.07, 6.45) is 17.6. The maximum atomic E-state index is 5.49. The first kappa shape index (κ1) is 24.9. The first-order valence-corrected chi connectivity index (χ1v) is 12.3. The van der Waals surface area contributed by atoms with Crippen molar-refractivity contribution < 1.29 is 4.74 Å². The molecule has 170 valence electrons. The Labute approximate surface area is 186 Å². The molecule has 2 saturated heterocycles. The molecule has 0 bridgehead atoms. The van der Waals surface area contributed by atoms with E-state index < -0.39 is 0 Å². The number of piperidine rings is 1. The van der Waals surface area contributed by atoms with Gasteiger partial charge in [-0.15, -0.1) is 6.58 Å². The number of rotatable bonds is 12. The topological polar surface area (TPSA) is 15.7 Å². The van der Waals surface area contributed by atoms with Crippen molar-refractivity contribution in [3.63, 3.8) is 0 Å². The van der Waals surface area contributed by atoms with Gasteiger partial charge in [0, 0.05) is 51.6 Å². The molecule has 0 aromatic rings. The van der Waals surface area contributed by atoms with Gasteiger partial charge in [0.15, 0.2) is 0 Å². The van der Waals surface area contributed by atoms with Crippen LogP contribution in [0.1, 0.15) is 71.6 Å². The molecule has 2 heterocycles. The molecule has 0 N–H and O–H groups in total. The third kappa shape index (κ3) is 7.74. The number of nitrogens with zero attached hydrogens (tertiary/aromatic N) is 2. The van der Waals surface area contributed by atoms with Gasteiger partial charge in [-0.3, -0.25) is 4.90 Å². The zero-order valence-corrected chi connectivity index (χ0v) is 20.0. The predicted octanol–water partition coefficient (Wildman–Crippen LogP) is 6.35.